The van der Waals surface area contributed by atoms with E-state index >= 15 is 0 Å². The molecule has 1 heterocycles. The monoisotopic (exact) mass is 276 g/mol. The minimum atomic E-state index is -0.743. The van der Waals surface area contributed by atoms with E-state index in [1.807, 2.05) is 0 Å². The zero-order valence-electron chi connectivity index (χ0n) is 9.30. The van der Waals surface area contributed by atoms with Crippen molar-refractivity contribution in [3.05, 3.63) is 21.1 Å². The van der Waals surface area contributed by atoms with Gasteiger partial charge in [0, 0.05) is 18.0 Å². The van der Waals surface area contributed by atoms with E-state index in [1.165, 1.54) is 13.1 Å². The summed E-state index contributed by atoms with van der Waals surface area (Å²) in [6.45, 7) is 1.54. The Morgan fingerprint density at radius 2 is 2.41 bits per heavy atom. The molecule has 0 aromatic carbocycles. The molecular formula is C9H12N2O4S2. The smallest absolute Gasteiger partial charge is 0.294 e. The molecular weight excluding hydrogens is 264 g/mol. The van der Waals surface area contributed by atoms with Crippen molar-refractivity contribution in [3.8, 4) is 0 Å². The summed E-state index contributed by atoms with van der Waals surface area (Å²) in [5, 5.41) is 22.6. The highest BCUT2D eigenvalue weighted by Crippen LogP contribution is 2.39. The normalized spacial score (nSPS) is 12.2. The summed E-state index contributed by atoms with van der Waals surface area (Å²) >= 11 is 2.24. The van der Waals surface area contributed by atoms with Crippen LogP contribution in [0.15, 0.2) is 10.3 Å². The molecule has 0 bridgehead atoms. The molecule has 0 unspecified atom stereocenters. The van der Waals surface area contributed by atoms with Crippen molar-refractivity contribution >= 4 is 34.7 Å². The van der Waals surface area contributed by atoms with Gasteiger partial charge in [-0.2, -0.15) is 0 Å². The molecule has 2 N–H and O–H groups in total. The van der Waals surface area contributed by atoms with Gasteiger partial charge in [-0.1, -0.05) is 11.8 Å². The second kappa shape index (κ2) is 5.99. The van der Waals surface area contributed by atoms with Crippen LogP contribution in [-0.2, 0) is 4.79 Å². The Hall–Kier alpha value is -1.12. The van der Waals surface area contributed by atoms with Crippen LogP contribution in [0.3, 0.4) is 0 Å². The molecule has 0 saturated carbocycles. The largest absolute Gasteiger partial charge is 0.388 e. The van der Waals surface area contributed by atoms with E-state index in [1.54, 1.807) is 6.92 Å². The van der Waals surface area contributed by atoms with Crippen LogP contribution in [0.1, 0.15) is 17.9 Å². The molecule has 0 radical (unpaired) electrons. The van der Waals surface area contributed by atoms with Crippen molar-refractivity contribution in [2.24, 2.45) is 0 Å². The number of thioether (sulfide) groups is 1. The maximum absolute atomic E-state index is 11.1. The average molecular weight is 276 g/mol. The average Bonchev–Trinajstić information content (AvgIpc) is 2.70. The zero-order chi connectivity index (χ0) is 13.0. The summed E-state index contributed by atoms with van der Waals surface area (Å²) in [6.07, 6.45) is -0.743. The van der Waals surface area contributed by atoms with Crippen molar-refractivity contribution in [1.29, 1.82) is 0 Å². The van der Waals surface area contributed by atoms with Crippen molar-refractivity contribution in [3.63, 3.8) is 0 Å². The Labute approximate surface area is 106 Å². The van der Waals surface area contributed by atoms with Crippen LogP contribution in [0, 0.1) is 10.1 Å². The van der Waals surface area contributed by atoms with Crippen LogP contribution in [0.25, 0.3) is 0 Å². The van der Waals surface area contributed by atoms with Crippen molar-refractivity contribution in [1.82, 2.24) is 5.32 Å². The van der Waals surface area contributed by atoms with Crippen molar-refractivity contribution in [2.45, 2.75) is 17.2 Å². The number of nitrogens with zero attached hydrogens (tertiary/aromatic N) is 1. The number of thiophene rings is 1. The molecule has 8 heteroatoms. The Kier molecular flexibility index (Phi) is 4.91. The SMILES string of the molecule is CNC(=O)CSc1sc([C@@H](C)O)cc1[N+](=O)[O-]. The van der Waals surface area contributed by atoms with Crippen LogP contribution >= 0.6 is 23.1 Å². The van der Waals surface area contributed by atoms with Crippen molar-refractivity contribution in [2.75, 3.05) is 12.8 Å². The van der Waals surface area contributed by atoms with E-state index in [0.717, 1.165) is 23.1 Å². The number of carbonyl (C=O) groups excluding carboxylic acids is 1. The molecule has 1 aromatic heterocycles. The van der Waals surface area contributed by atoms with Crippen LogP contribution in [0.5, 0.6) is 0 Å². The summed E-state index contributed by atoms with van der Waals surface area (Å²) < 4.78 is 0.439. The fourth-order valence-corrected chi connectivity index (χ4v) is 3.20. The molecule has 0 aliphatic rings. The van der Waals surface area contributed by atoms with Crippen LogP contribution in [0.2, 0.25) is 0 Å². The molecule has 0 fully saturated rings. The maximum Gasteiger partial charge on any atom is 0.294 e. The number of nitrogens with one attached hydrogen (secondary N) is 1. The van der Waals surface area contributed by atoms with Gasteiger partial charge >= 0.3 is 0 Å². The molecule has 1 amide bonds. The fraction of sp³-hybridized carbons (Fsp3) is 0.444. The molecule has 0 saturated heterocycles. The second-order valence-electron chi connectivity index (χ2n) is 3.22. The third-order valence-electron chi connectivity index (χ3n) is 1.92. The first-order valence-electron chi connectivity index (χ1n) is 4.75. The lowest BCUT2D eigenvalue weighted by atomic mass is 10.3. The molecule has 0 spiro atoms. The minimum absolute atomic E-state index is 0.0557. The summed E-state index contributed by atoms with van der Waals surface area (Å²) in [6, 6.07) is 1.35. The second-order valence-corrected chi connectivity index (χ2v) is 5.54. The Morgan fingerprint density at radius 3 is 2.88 bits per heavy atom. The van der Waals surface area contributed by atoms with Crippen LogP contribution in [0.4, 0.5) is 5.69 Å². The van der Waals surface area contributed by atoms with Gasteiger partial charge in [-0.05, 0) is 6.92 Å². The Bertz CT molecular complexity index is 431. The molecule has 0 aliphatic carbocycles. The van der Waals surface area contributed by atoms with Gasteiger partial charge in [0.1, 0.15) is 4.21 Å². The van der Waals surface area contributed by atoms with Gasteiger partial charge in [0.05, 0.1) is 16.8 Å². The number of amides is 1. The van der Waals surface area contributed by atoms with Crippen molar-refractivity contribution < 1.29 is 14.8 Å². The van der Waals surface area contributed by atoms with E-state index in [9.17, 15) is 20.0 Å². The van der Waals surface area contributed by atoms with Gasteiger partial charge in [0.25, 0.3) is 5.69 Å². The molecule has 0 aliphatic heterocycles. The van der Waals surface area contributed by atoms with Gasteiger partial charge in [-0.15, -0.1) is 11.3 Å². The summed E-state index contributed by atoms with van der Waals surface area (Å²) in [7, 11) is 1.51. The third kappa shape index (κ3) is 3.69. The maximum atomic E-state index is 11.1. The molecule has 17 heavy (non-hydrogen) atoms. The number of hydrogen-bond acceptors (Lipinski definition) is 6. The lowest BCUT2D eigenvalue weighted by Crippen LogP contribution is -2.19. The van der Waals surface area contributed by atoms with Crippen LogP contribution in [-0.4, -0.2) is 28.7 Å². The number of nitro groups is 1. The highest BCUT2D eigenvalue weighted by molar-refractivity contribution is 8.01. The van der Waals surface area contributed by atoms with E-state index < -0.39 is 11.0 Å². The van der Waals surface area contributed by atoms with E-state index in [0.29, 0.717) is 9.09 Å². The fourth-order valence-electron chi connectivity index (χ4n) is 1.02. The van der Waals surface area contributed by atoms with Crippen LogP contribution < -0.4 is 5.32 Å². The Morgan fingerprint density at radius 1 is 1.76 bits per heavy atom. The summed E-state index contributed by atoms with van der Waals surface area (Å²) in [5.41, 5.74) is -0.0557. The molecule has 1 aromatic rings. The first-order chi connectivity index (χ1) is 7.95. The van der Waals surface area contributed by atoms with Gasteiger partial charge in [-0.25, -0.2) is 0 Å². The molecule has 6 nitrogen and oxygen atoms in total. The third-order valence-corrected chi connectivity index (χ3v) is 4.49. The highest BCUT2D eigenvalue weighted by atomic mass is 32.2. The van der Waals surface area contributed by atoms with E-state index in [2.05, 4.69) is 5.32 Å². The Balaban J connectivity index is 2.88. The molecule has 1 rings (SSSR count). The number of aliphatic hydroxyl groups excluding tert-OH is 1. The standard InChI is InChI=1S/C9H12N2O4S2/c1-5(12)7-3-6(11(14)15)9(17-7)16-4-8(13)10-2/h3,5,12H,4H2,1-2H3,(H,10,13)/t5-/m1/s1. The number of carbonyl (C=O) groups is 1. The molecule has 1 atom stereocenters. The van der Waals surface area contributed by atoms with Gasteiger partial charge < -0.3 is 10.4 Å². The predicted octanol–water partition coefficient (Wildman–Crippen LogP) is 1.55. The zero-order valence-corrected chi connectivity index (χ0v) is 10.9. The summed E-state index contributed by atoms with van der Waals surface area (Å²) in [4.78, 5) is 21.9. The predicted molar refractivity (Wildman–Crippen MR) is 66.4 cm³/mol. The highest BCUT2D eigenvalue weighted by Gasteiger charge is 2.21. The lowest BCUT2D eigenvalue weighted by Gasteiger charge is -1.98. The number of hydrogen-bond donors (Lipinski definition) is 2. The lowest BCUT2D eigenvalue weighted by molar-refractivity contribution is -0.387. The topological polar surface area (TPSA) is 92.5 Å². The first-order valence-corrected chi connectivity index (χ1v) is 6.55. The summed E-state index contributed by atoms with van der Waals surface area (Å²) in [5.74, 6) is -0.0757. The molecule has 94 valence electrons. The first kappa shape index (κ1) is 13.9. The van der Waals surface area contributed by atoms with E-state index in [4.69, 9.17) is 0 Å². The van der Waals surface area contributed by atoms with E-state index in [-0.39, 0.29) is 17.3 Å². The van der Waals surface area contributed by atoms with Gasteiger partial charge in [0.15, 0.2) is 0 Å². The minimum Gasteiger partial charge on any atom is -0.388 e. The number of rotatable bonds is 5. The van der Waals surface area contributed by atoms with Gasteiger partial charge in [-0.3, -0.25) is 14.9 Å². The number of aliphatic hydroxyl groups is 1. The quantitative estimate of drug-likeness (QED) is 0.483. The van der Waals surface area contributed by atoms with Gasteiger partial charge in [0.2, 0.25) is 5.91 Å².